The van der Waals surface area contributed by atoms with Crippen LogP contribution in [-0.2, 0) is 20.3 Å². The molecule has 1 aliphatic carbocycles. The molecule has 2 fully saturated rings. The summed E-state index contributed by atoms with van der Waals surface area (Å²) in [6.45, 7) is 0.964. The molecule has 0 amide bonds. The lowest BCUT2D eigenvalue weighted by Crippen LogP contribution is -2.65. The molecule has 3 aliphatic heterocycles. The highest BCUT2D eigenvalue weighted by atomic mass is 32.2. The van der Waals surface area contributed by atoms with Crippen LogP contribution in [-0.4, -0.2) is 82.5 Å². The molecule has 5 atom stereocenters. The van der Waals surface area contributed by atoms with Crippen molar-refractivity contribution in [2.75, 3.05) is 25.1 Å². The van der Waals surface area contributed by atoms with Crippen LogP contribution in [0.3, 0.4) is 0 Å². The van der Waals surface area contributed by atoms with Crippen molar-refractivity contribution in [2.45, 2.75) is 39.1 Å². The van der Waals surface area contributed by atoms with Crippen LogP contribution >= 0.6 is 11.8 Å². The van der Waals surface area contributed by atoms with E-state index in [0.717, 1.165) is 75.8 Å². The molecule has 7 aromatic carbocycles. The van der Waals surface area contributed by atoms with Gasteiger partial charge in [0.1, 0.15) is 36.1 Å². The molecule has 3 N–H and O–H groups in total. The molecule has 88 heavy (non-hydrogen) atoms. The maximum atomic E-state index is 7.84. The minimum atomic E-state index is -1.79. The summed E-state index contributed by atoms with van der Waals surface area (Å²) < 4.78 is 28.1. The second-order valence-electron chi connectivity index (χ2n) is 22.2. The Morgan fingerprint density at radius 1 is 0.580 bits per heavy atom. The zero-order valence-corrected chi connectivity index (χ0v) is 47.4. The van der Waals surface area contributed by atoms with Crippen molar-refractivity contribution in [2.24, 2.45) is 0 Å². The largest absolute Gasteiger partial charge is 0.448 e. The summed E-state index contributed by atoms with van der Waals surface area (Å²) in [7, 11) is 0. The van der Waals surface area contributed by atoms with E-state index in [2.05, 4.69) is 148 Å². The van der Waals surface area contributed by atoms with Gasteiger partial charge in [-0.2, -0.15) is 0 Å². The minimum Gasteiger partial charge on any atom is -0.448 e. The first-order valence-corrected chi connectivity index (χ1v) is 29.9. The van der Waals surface area contributed by atoms with E-state index < -0.39 is 29.3 Å². The quantitative estimate of drug-likeness (QED) is 0.0906. The number of allylic oxidation sites excluding steroid dienone is 2. The molecule has 0 saturated carbocycles. The van der Waals surface area contributed by atoms with Gasteiger partial charge < -0.3 is 23.7 Å². The number of nitrogens with zero attached hydrogens (tertiary/aromatic N) is 10. The number of aromatic nitrogens is 10. The van der Waals surface area contributed by atoms with Crippen molar-refractivity contribution in [3.8, 4) is 0 Å². The van der Waals surface area contributed by atoms with Crippen molar-refractivity contribution < 1.29 is 18.4 Å². The second-order valence-corrected chi connectivity index (χ2v) is 23.3. The van der Waals surface area contributed by atoms with Gasteiger partial charge in [-0.15, -0.1) is 5.10 Å². The van der Waals surface area contributed by atoms with Crippen LogP contribution in [0.25, 0.3) is 82.3 Å². The molecule has 14 aromatic rings. The number of benzene rings is 7. The number of pyridine rings is 3. The summed E-state index contributed by atoms with van der Waals surface area (Å²) in [5.74, 6) is 0.697. The first-order valence-electron chi connectivity index (χ1n) is 29.1. The Labute approximate surface area is 505 Å². The molecule has 422 valence electrons. The van der Waals surface area contributed by atoms with Gasteiger partial charge in [0.05, 0.1) is 86.6 Å². The third-order valence-electron chi connectivity index (χ3n) is 17.8. The van der Waals surface area contributed by atoms with E-state index in [1.165, 1.54) is 0 Å². The highest BCUT2D eigenvalue weighted by Gasteiger charge is 2.72. The number of anilines is 2. The third-order valence-corrected chi connectivity index (χ3v) is 18.9. The highest BCUT2D eigenvalue weighted by Crippen LogP contribution is 2.71. The van der Waals surface area contributed by atoms with Gasteiger partial charge in [0.15, 0.2) is 5.82 Å². The standard InChI is InChI=1S/C70H47N13O4S/c1-2-14-42-41(12-1)36-76-49-21-7-15-43(56(42)49)57-58(65-72-30-11-31-73-65)60(66-74-32-34-84-66)70(67-75-33-35-85-67,45-17-9-24-55-64(45)79-48-20-5-6-23-54(48)88-55)69(68-81-52(37-86-68)53-38-87-83-82-53,44-16-8-22-51-63(44)78-47-19-4-3-18-46(47)77-51)59(57)50-28-27-40-26-25-39-13-10-29-71-61(39)62(40)80-50/h1-31,33,35-36,38,52,66,68,74,79,81H,32,34,37H2. The van der Waals surface area contributed by atoms with Crippen LogP contribution in [0.1, 0.15) is 45.8 Å². The molecule has 0 spiro atoms. The first-order chi connectivity index (χ1) is 43.6. The number of hydrogen-bond acceptors (Lipinski definition) is 18. The van der Waals surface area contributed by atoms with E-state index in [9.17, 15) is 0 Å². The van der Waals surface area contributed by atoms with Gasteiger partial charge in [-0.25, -0.2) is 29.9 Å². The molecule has 4 aliphatic rings. The van der Waals surface area contributed by atoms with Crippen LogP contribution in [0, 0.1) is 0 Å². The second kappa shape index (κ2) is 20.1. The Balaban J connectivity index is 1.16. The van der Waals surface area contributed by atoms with Crippen LogP contribution in [0.5, 0.6) is 0 Å². The summed E-state index contributed by atoms with van der Waals surface area (Å²) in [5, 5.41) is 25.3. The third kappa shape index (κ3) is 7.44. The topological polar surface area (TPSA) is 210 Å². The Kier molecular flexibility index (Phi) is 11.6. The minimum absolute atomic E-state index is 0.118. The van der Waals surface area contributed by atoms with Gasteiger partial charge >= 0.3 is 0 Å². The van der Waals surface area contributed by atoms with Crippen molar-refractivity contribution in [3.05, 3.63) is 259 Å². The maximum absolute atomic E-state index is 7.84. The molecule has 10 heterocycles. The Morgan fingerprint density at radius 3 is 2.23 bits per heavy atom. The predicted molar refractivity (Wildman–Crippen MR) is 336 cm³/mol. The summed E-state index contributed by atoms with van der Waals surface area (Å²) in [5.41, 5.74) is 9.00. The average Bonchev–Trinajstić information content (AvgIpc) is 0.953. The Bertz CT molecular complexity index is 5220. The smallest absolute Gasteiger partial charge is 0.210 e. The van der Waals surface area contributed by atoms with Crippen LogP contribution in [0.2, 0.25) is 0 Å². The van der Waals surface area contributed by atoms with Gasteiger partial charge in [-0.05, 0) is 88.3 Å². The fourth-order valence-corrected chi connectivity index (χ4v) is 15.4. The lowest BCUT2D eigenvalue weighted by Gasteiger charge is -2.58. The molecular weight excluding hydrogens is 1120 g/mol. The van der Waals surface area contributed by atoms with Gasteiger partial charge in [0, 0.05) is 84.7 Å². The van der Waals surface area contributed by atoms with Gasteiger partial charge in [-0.3, -0.25) is 20.6 Å². The summed E-state index contributed by atoms with van der Waals surface area (Å²) in [6, 6.07) is 57.4. The number of oxazole rings is 1. The fraction of sp³-hybridized carbons (Fsp3) is 0.114. The normalized spacial score (nSPS) is 21.0. The molecule has 18 rings (SSSR count). The number of hydrogen-bond donors (Lipinski definition) is 3. The number of fused-ring (bicyclic) bond motifs is 10. The highest BCUT2D eigenvalue weighted by molar-refractivity contribution is 7.99. The van der Waals surface area contributed by atoms with Gasteiger partial charge in [0.25, 0.3) is 0 Å². The zero-order chi connectivity index (χ0) is 57.9. The Morgan fingerprint density at radius 2 is 1.35 bits per heavy atom. The lowest BCUT2D eigenvalue weighted by atomic mass is 9.44. The molecule has 17 nitrogen and oxygen atoms in total. The van der Waals surface area contributed by atoms with Gasteiger partial charge in [-0.1, -0.05) is 121 Å². The summed E-state index contributed by atoms with van der Waals surface area (Å²) in [4.78, 5) is 46.0. The van der Waals surface area contributed by atoms with E-state index in [4.69, 9.17) is 58.3 Å². The molecule has 0 radical (unpaired) electrons. The van der Waals surface area contributed by atoms with Gasteiger partial charge in [0.2, 0.25) is 5.89 Å². The monoisotopic (exact) mass is 1170 g/mol. The van der Waals surface area contributed by atoms with E-state index in [1.54, 1.807) is 42.9 Å². The van der Waals surface area contributed by atoms with Crippen LogP contribution < -0.4 is 16.0 Å². The molecule has 0 bridgehead atoms. The van der Waals surface area contributed by atoms with E-state index in [-0.39, 0.29) is 6.61 Å². The number of rotatable bonds is 9. The molecule has 2 saturated heterocycles. The molecular formula is C70H47N13O4S. The van der Waals surface area contributed by atoms with Crippen molar-refractivity contribution in [1.82, 2.24) is 60.9 Å². The fourth-order valence-electron chi connectivity index (χ4n) is 14.3. The first kappa shape index (κ1) is 50.8. The van der Waals surface area contributed by atoms with Crippen LogP contribution in [0.4, 0.5) is 11.4 Å². The Hall–Kier alpha value is -10.5. The maximum Gasteiger partial charge on any atom is 0.210 e. The lowest BCUT2D eigenvalue weighted by molar-refractivity contribution is 0.0201. The molecule has 7 aromatic heterocycles. The van der Waals surface area contributed by atoms with Crippen molar-refractivity contribution >= 4 is 105 Å². The van der Waals surface area contributed by atoms with Crippen molar-refractivity contribution in [3.63, 3.8) is 0 Å². The average molecular weight is 1170 g/mol. The predicted octanol–water partition coefficient (Wildman–Crippen LogP) is 12.9. The summed E-state index contributed by atoms with van der Waals surface area (Å²) >= 11 is 1.68. The molecule has 18 heteroatoms. The van der Waals surface area contributed by atoms with Crippen molar-refractivity contribution in [1.29, 1.82) is 0 Å². The number of para-hydroxylation sites is 5. The SMILES string of the molecule is c1cnc(C2=C(C3NCCO3)C(c3ncco3)(c3cccc4c3Nc3ccccc3S4)C(c3cccc4nc5ccccc5nc34)(C3NC(c4conn4)CO3)C(c3ccc4ccc5cccnc5c4n3)=C2c2cccc3ncc4ccccc4c23)nc1. The van der Waals surface area contributed by atoms with E-state index in [0.29, 0.717) is 86.2 Å². The zero-order valence-electron chi connectivity index (χ0n) is 46.6. The molecule has 5 unspecified atom stereocenters. The van der Waals surface area contributed by atoms with Crippen LogP contribution in [0.15, 0.2) is 238 Å². The van der Waals surface area contributed by atoms with E-state index in [1.807, 2.05) is 60.9 Å². The number of ether oxygens (including phenoxy) is 2. The van der Waals surface area contributed by atoms with E-state index >= 15 is 0 Å². The number of nitrogens with one attached hydrogen (secondary N) is 3. The summed E-state index contributed by atoms with van der Waals surface area (Å²) in [6.07, 6.45) is 10.2.